The summed E-state index contributed by atoms with van der Waals surface area (Å²) in [6.45, 7) is 1.99. The van der Waals surface area contributed by atoms with Gasteiger partial charge >= 0.3 is 5.63 Å². The first-order valence-electron chi connectivity index (χ1n) is 9.03. The highest BCUT2D eigenvalue weighted by molar-refractivity contribution is 6.05. The number of methoxy groups -OCH3 is 1. The van der Waals surface area contributed by atoms with E-state index in [2.05, 4.69) is 10.2 Å². The van der Waals surface area contributed by atoms with Crippen LogP contribution in [0.3, 0.4) is 0 Å². The summed E-state index contributed by atoms with van der Waals surface area (Å²) in [4.78, 5) is 27.4. The first kappa shape index (κ1) is 18.6. The second-order valence-corrected chi connectivity index (χ2v) is 6.62. The summed E-state index contributed by atoms with van der Waals surface area (Å²) in [7, 11) is 1.55. The predicted octanol–water partition coefficient (Wildman–Crippen LogP) is 4.76. The van der Waals surface area contributed by atoms with Crippen LogP contribution < -0.4 is 15.1 Å². The number of hydrogen-bond donors (Lipinski definition) is 0. The Bertz CT molecular complexity index is 1250. The highest BCUT2D eigenvalue weighted by Crippen LogP contribution is 2.36. The van der Waals surface area contributed by atoms with E-state index in [1.165, 1.54) is 0 Å². The van der Waals surface area contributed by atoms with Gasteiger partial charge in [0.15, 0.2) is 11.5 Å². The lowest BCUT2D eigenvalue weighted by molar-refractivity contribution is 0.284. The van der Waals surface area contributed by atoms with Crippen LogP contribution in [0.2, 0.25) is 0 Å². The number of ether oxygens (including phenoxy) is 2. The molecule has 0 aliphatic carbocycles. The third kappa shape index (κ3) is 3.54. The van der Waals surface area contributed by atoms with Crippen LogP contribution in [0.4, 0.5) is 0 Å². The molecule has 0 spiro atoms. The number of nitrogens with zero attached hydrogens (tertiary/aromatic N) is 2. The summed E-state index contributed by atoms with van der Waals surface area (Å²) in [5.74, 6) is 0.989. The van der Waals surface area contributed by atoms with Crippen LogP contribution in [-0.2, 0) is 6.61 Å². The number of pyridine rings is 1. The quantitative estimate of drug-likeness (QED) is 0.268. The summed E-state index contributed by atoms with van der Waals surface area (Å²) in [6.07, 6.45) is 3.38. The van der Waals surface area contributed by atoms with Crippen LogP contribution in [-0.4, -0.2) is 12.1 Å². The van der Waals surface area contributed by atoms with Gasteiger partial charge in [0.25, 0.3) is 0 Å². The molecule has 146 valence electrons. The van der Waals surface area contributed by atoms with Crippen LogP contribution in [0.5, 0.6) is 11.5 Å². The molecule has 0 saturated heterocycles. The minimum absolute atomic E-state index is 0.322. The van der Waals surface area contributed by atoms with Crippen LogP contribution in [0.15, 0.2) is 69.2 Å². The lowest BCUT2D eigenvalue weighted by atomic mass is 10.0. The van der Waals surface area contributed by atoms with E-state index in [0.717, 1.165) is 5.56 Å². The molecule has 0 amide bonds. The van der Waals surface area contributed by atoms with Crippen LogP contribution >= 0.6 is 0 Å². The van der Waals surface area contributed by atoms with Gasteiger partial charge in [0.05, 0.1) is 12.5 Å². The Labute approximate surface area is 165 Å². The normalized spacial score (nSPS) is 12.1. The monoisotopic (exact) mass is 390 g/mol. The van der Waals surface area contributed by atoms with E-state index in [1.807, 2.05) is 12.1 Å². The van der Waals surface area contributed by atoms with E-state index < -0.39 is 11.7 Å². The fourth-order valence-corrected chi connectivity index (χ4v) is 3.19. The Kier molecular flexibility index (Phi) is 4.95. The Morgan fingerprint density at radius 1 is 1.03 bits per heavy atom. The average Bonchev–Trinajstić information content (AvgIpc) is 2.77. The molecule has 0 N–H and O–H groups in total. The van der Waals surface area contributed by atoms with Crippen molar-refractivity contribution in [1.29, 1.82) is 0 Å². The zero-order valence-electron chi connectivity index (χ0n) is 15.9. The SMILES string of the molecule is COc1cc2c(cc1OCc1ccncc1)oc(=O)c1cc(C(C)N=O)ccc12. The molecular formula is C22H18N2O5. The Balaban J connectivity index is 1.81. The van der Waals surface area contributed by atoms with Crippen LogP contribution in [0.1, 0.15) is 24.1 Å². The van der Waals surface area contributed by atoms with Gasteiger partial charge in [-0.1, -0.05) is 17.3 Å². The molecule has 29 heavy (non-hydrogen) atoms. The zero-order chi connectivity index (χ0) is 20.4. The van der Waals surface area contributed by atoms with Crippen molar-refractivity contribution < 1.29 is 13.9 Å². The van der Waals surface area contributed by atoms with Gasteiger partial charge in [0.2, 0.25) is 0 Å². The third-order valence-electron chi connectivity index (χ3n) is 4.81. The highest BCUT2D eigenvalue weighted by atomic mass is 16.5. The molecule has 0 fully saturated rings. The summed E-state index contributed by atoms with van der Waals surface area (Å²) >= 11 is 0. The molecule has 4 aromatic rings. The van der Waals surface area contributed by atoms with E-state index >= 15 is 0 Å². The van der Waals surface area contributed by atoms with Crippen molar-refractivity contribution in [2.24, 2.45) is 5.18 Å². The first-order valence-corrected chi connectivity index (χ1v) is 9.03. The standard InChI is InChI=1S/C22H18N2O5/c1-13(24-26)15-3-4-16-17-10-20(27-2)21(28-12-14-5-7-23-8-6-14)11-19(17)29-22(25)18(16)9-15/h3-11,13H,12H2,1-2H3. The van der Waals surface area contributed by atoms with Crippen molar-refractivity contribution in [2.45, 2.75) is 19.6 Å². The molecule has 2 aromatic carbocycles. The van der Waals surface area contributed by atoms with Gasteiger partial charge < -0.3 is 13.9 Å². The summed E-state index contributed by atoms with van der Waals surface area (Å²) < 4.78 is 16.9. The van der Waals surface area contributed by atoms with Gasteiger partial charge in [-0.3, -0.25) is 4.98 Å². The van der Waals surface area contributed by atoms with E-state index in [0.29, 0.717) is 45.4 Å². The molecule has 0 saturated carbocycles. The van der Waals surface area contributed by atoms with Crippen molar-refractivity contribution in [3.63, 3.8) is 0 Å². The molecule has 7 nitrogen and oxygen atoms in total. The Morgan fingerprint density at radius 2 is 1.83 bits per heavy atom. The van der Waals surface area contributed by atoms with Crippen molar-refractivity contribution in [3.8, 4) is 11.5 Å². The fourth-order valence-electron chi connectivity index (χ4n) is 3.19. The topological polar surface area (TPSA) is 91.0 Å². The maximum atomic E-state index is 12.5. The molecule has 0 aliphatic rings. The van der Waals surface area contributed by atoms with Crippen molar-refractivity contribution in [3.05, 3.63) is 81.3 Å². The Morgan fingerprint density at radius 3 is 2.55 bits per heavy atom. The largest absolute Gasteiger partial charge is 0.493 e. The van der Waals surface area contributed by atoms with Crippen molar-refractivity contribution >= 4 is 21.7 Å². The summed E-state index contributed by atoms with van der Waals surface area (Å²) in [5.41, 5.74) is 1.51. The molecule has 0 bridgehead atoms. The zero-order valence-corrected chi connectivity index (χ0v) is 15.9. The lowest BCUT2D eigenvalue weighted by Crippen LogP contribution is -2.03. The molecule has 1 atom stereocenters. The number of rotatable bonds is 6. The molecule has 2 aromatic heterocycles. The smallest absolute Gasteiger partial charge is 0.344 e. The first-order chi connectivity index (χ1) is 14.1. The lowest BCUT2D eigenvalue weighted by Gasteiger charge is -2.13. The van der Waals surface area contributed by atoms with E-state index in [-0.39, 0.29) is 0 Å². The molecule has 4 rings (SSSR count). The van der Waals surface area contributed by atoms with Crippen molar-refractivity contribution in [1.82, 2.24) is 4.98 Å². The minimum atomic E-state index is -0.548. The number of nitroso groups, excluding NO2 is 1. The van der Waals surface area contributed by atoms with E-state index in [1.54, 1.807) is 56.8 Å². The van der Waals surface area contributed by atoms with Gasteiger partial charge in [0, 0.05) is 29.2 Å². The van der Waals surface area contributed by atoms with Crippen molar-refractivity contribution in [2.75, 3.05) is 7.11 Å². The van der Waals surface area contributed by atoms with Gasteiger partial charge in [-0.05, 0) is 42.3 Å². The summed E-state index contributed by atoms with van der Waals surface area (Å²) in [6, 6.07) is 11.8. The summed E-state index contributed by atoms with van der Waals surface area (Å²) in [5, 5.41) is 4.83. The number of benzene rings is 2. The van der Waals surface area contributed by atoms with Gasteiger partial charge in [0.1, 0.15) is 18.2 Å². The fraction of sp³-hybridized carbons (Fsp3) is 0.182. The second-order valence-electron chi connectivity index (χ2n) is 6.62. The maximum Gasteiger partial charge on any atom is 0.344 e. The molecular weight excluding hydrogens is 372 g/mol. The number of fused-ring (bicyclic) bond motifs is 3. The minimum Gasteiger partial charge on any atom is -0.493 e. The Hall–Kier alpha value is -3.74. The van der Waals surface area contributed by atoms with Gasteiger partial charge in [-0.25, -0.2) is 4.79 Å². The molecule has 7 heteroatoms. The predicted molar refractivity (Wildman–Crippen MR) is 109 cm³/mol. The van der Waals surface area contributed by atoms with Crippen LogP contribution in [0, 0.1) is 4.91 Å². The van der Waals surface area contributed by atoms with Crippen LogP contribution in [0.25, 0.3) is 21.7 Å². The number of aromatic nitrogens is 1. The molecule has 0 aliphatic heterocycles. The van der Waals surface area contributed by atoms with E-state index in [4.69, 9.17) is 13.9 Å². The molecule has 1 unspecified atom stereocenters. The second kappa shape index (κ2) is 7.71. The molecule has 0 radical (unpaired) electrons. The molecule has 2 heterocycles. The number of hydrogen-bond acceptors (Lipinski definition) is 7. The van der Waals surface area contributed by atoms with E-state index in [9.17, 15) is 9.70 Å². The maximum absolute atomic E-state index is 12.5. The average molecular weight is 390 g/mol. The third-order valence-corrected chi connectivity index (χ3v) is 4.81. The van der Waals surface area contributed by atoms with Gasteiger partial charge in [-0.2, -0.15) is 4.91 Å². The van der Waals surface area contributed by atoms with Gasteiger partial charge in [-0.15, -0.1) is 0 Å². The highest BCUT2D eigenvalue weighted by Gasteiger charge is 2.15.